The topological polar surface area (TPSA) is 164 Å². The zero-order valence-electron chi connectivity index (χ0n) is 21.4. The molecule has 0 bridgehead atoms. The summed E-state index contributed by atoms with van der Waals surface area (Å²) in [6.07, 6.45) is -7.04. The van der Waals surface area contributed by atoms with Gasteiger partial charge in [0.25, 0.3) is 0 Å². The first-order valence-corrected chi connectivity index (χ1v) is 12.3. The molecule has 5 unspecified atom stereocenters. The third kappa shape index (κ3) is 7.88. The van der Waals surface area contributed by atoms with Gasteiger partial charge in [-0.1, -0.05) is 18.2 Å². The first-order chi connectivity index (χ1) is 17.8. The van der Waals surface area contributed by atoms with Gasteiger partial charge in [0.05, 0.1) is 13.2 Å². The van der Waals surface area contributed by atoms with Crippen molar-refractivity contribution in [3.63, 3.8) is 0 Å². The molecule has 0 spiro atoms. The number of ether oxygens (including phenoxy) is 5. The normalized spacial score (nSPS) is 26.3. The minimum atomic E-state index is -3.34. The van der Waals surface area contributed by atoms with Gasteiger partial charge in [-0.15, -0.1) is 11.8 Å². The molecule has 0 aromatic heterocycles. The minimum absolute atomic E-state index is 0.454. The molecule has 38 heavy (non-hydrogen) atoms. The number of benzene rings is 1. The molecule has 12 nitrogen and oxygen atoms in total. The number of halogens is 1. The molecule has 7 atom stereocenters. The molecule has 1 aromatic carbocycles. The Hall–Kier alpha value is -3.23. The lowest BCUT2D eigenvalue weighted by Gasteiger charge is -2.49. The van der Waals surface area contributed by atoms with E-state index in [2.05, 4.69) is 10.1 Å². The fourth-order valence-corrected chi connectivity index (χ4v) is 5.14. The number of esters is 4. The number of hydrogen-bond donors (Lipinski definition) is 2. The number of carbonyl (C=O) groups excluding carboxylic acids is 5. The van der Waals surface area contributed by atoms with Gasteiger partial charge in [-0.2, -0.15) is 4.39 Å². The molecule has 1 aromatic rings. The second kappa shape index (κ2) is 13.5. The molecular weight excluding hydrogens is 529 g/mol. The minimum Gasteiger partial charge on any atom is -0.465 e. The third-order valence-electron chi connectivity index (χ3n) is 5.28. The molecule has 0 radical (unpaired) electrons. The van der Waals surface area contributed by atoms with E-state index in [0.717, 1.165) is 46.6 Å². The summed E-state index contributed by atoms with van der Waals surface area (Å²) in [6.45, 7) is 3.50. The summed E-state index contributed by atoms with van der Waals surface area (Å²) in [6, 6.07) is 6.78. The predicted octanol–water partition coefficient (Wildman–Crippen LogP) is 0.677. The molecule has 1 heterocycles. The standard InChI is InChI=1S/C24H30FNO11S/c1-12(27)26-18-20(19(35-14(3)29)17(31)11-34-13(2)28)37-24(25,23(32)33-5)22(21(18)36-15(4)30)38-16-9-7-6-8-10-16/h6-10,17-22,31H,11H2,1-5H3,(H,26,27)/t17-,18?,19-,20?,21?,22?,24?/m1/s1. The number of thioether (sulfide) groups is 1. The maximum atomic E-state index is 16.7. The monoisotopic (exact) mass is 559 g/mol. The Labute approximate surface area is 222 Å². The Morgan fingerprint density at radius 1 is 1.08 bits per heavy atom. The van der Waals surface area contributed by atoms with Crippen LogP contribution in [-0.4, -0.2) is 90.2 Å². The van der Waals surface area contributed by atoms with Crippen LogP contribution >= 0.6 is 11.8 Å². The molecule has 1 saturated heterocycles. The fraction of sp³-hybridized carbons (Fsp3) is 0.542. The number of nitrogens with one attached hydrogen (secondary N) is 1. The maximum Gasteiger partial charge on any atom is 0.373 e. The number of rotatable bonds is 10. The van der Waals surface area contributed by atoms with Gasteiger partial charge in [0, 0.05) is 32.6 Å². The molecule has 1 aliphatic rings. The van der Waals surface area contributed by atoms with Gasteiger partial charge in [-0.25, -0.2) is 4.79 Å². The summed E-state index contributed by atoms with van der Waals surface area (Å²) >= 11 is 0.777. The van der Waals surface area contributed by atoms with Crippen molar-refractivity contribution in [1.82, 2.24) is 5.32 Å². The van der Waals surface area contributed by atoms with Crippen molar-refractivity contribution in [1.29, 1.82) is 0 Å². The van der Waals surface area contributed by atoms with Gasteiger partial charge in [-0.3, -0.25) is 19.2 Å². The molecule has 0 saturated carbocycles. The number of methoxy groups -OCH3 is 1. The van der Waals surface area contributed by atoms with Gasteiger partial charge in [0.2, 0.25) is 5.91 Å². The smallest absolute Gasteiger partial charge is 0.373 e. The second-order valence-electron chi connectivity index (χ2n) is 8.31. The fourth-order valence-electron chi connectivity index (χ4n) is 3.87. The van der Waals surface area contributed by atoms with Crippen molar-refractivity contribution in [3.05, 3.63) is 30.3 Å². The van der Waals surface area contributed by atoms with Gasteiger partial charge >= 0.3 is 29.7 Å². The van der Waals surface area contributed by atoms with E-state index in [-0.39, 0.29) is 0 Å². The summed E-state index contributed by atoms with van der Waals surface area (Å²) in [7, 11) is 0.909. The van der Waals surface area contributed by atoms with E-state index in [1.165, 1.54) is 0 Å². The number of hydrogen-bond acceptors (Lipinski definition) is 12. The quantitative estimate of drug-likeness (QED) is 0.305. The van der Waals surface area contributed by atoms with Gasteiger partial charge in [0.15, 0.2) is 6.10 Å². The average molecular weight is 560 g/mol. The molecular formula is C24H30FNO11S. The van der Waals surface area contributed by atoms with E-state index in [0.29, 0.717) is 4.90 Å². The van der Waals surface area contributed by atoms with Gasteiger partial charge < -0.3 is 34.1 Å². The molecule has 1 aliphatic heterocycles. The molecule has 1 fully saturated rings. The van der Waals surface area contributed by atoms with E-state index < -0.39 is 78.0 Å². The predicted molar refractivity (Wildman–Crippen MR) is 128 cm³/mol. The third-order valence-corrected chi connectivity index (χ3v) is 6.65. The van der Waals surface area contributed by atoms with Crippen LogP contribution in [0.4, 0.5) is 4.39 Å². The van der Waals surface area contributed by atoms with Crippen LogP contribution in [0.15, 0.2) is 35.2 Å². The van der Waals surface area contributed by atoms with Crippen LogP contribution in [0.25, 0.3) is 0 Å². The van der Waals surface area contributed by atoms with Crippen LogP contribution in [0.2, 0.25) is 0 Å². The summed E-state index contributed by atoms with van der Waals surface area (Å²) in [5, 5.41) is 11.6. The lowest BCUT2D eigenvalue weighted by molar-refractivity contribution is -0.270. The SMILES string of the molecule is COC(=O)C1(F)OC([C@H](OC(C)=O)[C@H](O)COC(C)=O)C(NC(C)=O)C(OC(C)=O)C1Sc1ccccc1. The van der Waals surface area contributed by atoms with E-state index in [1.807, 2.05) is 0 Å². The Balaban J connectivity index is 2.71. The van der Waals surface area contributed by atoms with E-state index >= 15 is 4.39 Å². The summed E-state index contributed by atoms with van der Waals surface area (Å²) in [5.74, 6) is -8.14. The number of alkyl halides is 1. The summed E-state index contributed by atoms with van der Waals surface area (Å²) in [4.78, 5) is 60.8. The molecule has 210 valence electrons. The van der Waals surface area contributed by atoms with E-state index in [4.69, 9.17) is 18.9 Å². The molecule has 0 aliphatic carbocycles. The van der Waals surface area contributed by atoms with Crippen LogP contribution < -0.4 is 5.32 Å². The van der Waals surface area contributed by atoms with Crippen molar-refractivity contribution in [2.24, 2.45) is 0 Å². The molecule has 2 N–H and O–H groups in total. The molecule has 1 amide bonds. The lowest BCUT2D eigenvalue weighted by atomic mass is 9.88. The van der Waals surface area contributed by atoms with E-state index in [9.17, 15) is 29.1 Å². The Kier molecular flexibility index (Phi) is 11.0. The Morgan fingerprint density at radius 3 is 2.21 bits per heavy atom. The van der Waals surface area contributed by atoms with Crippen molar-refractivity contribution in [3.8, 4) is 0 Å². The zero-order valence-corrected chi connectivity index (χ0v) is 22.2. The van der Waals surface area contributed by atoms with Crippen molar-refractivity contribution < 1.29 is 57.2 Å². The number of carbonyl (C=O) groups is 5. The first kappa shape index (κ1) is 31.0. The van der Waals surface area contributed by atoms with Crippen molar-refractivity contribution in [2.45, 2.75) is 74.2 Å². The zero-order chi connectivity index (χ0) is 28.6. The van der Waals surface area contributed by atoms with Crippen LogP contribution in [0, 0.1) is 0 Å². The van der Waals surface area contributed by atoms with Crippen LogP contribution in [-0.2, 0) is 47.7 Å². The highest BCUT2D eigenvalue weighted by Crippen LogP contribution is 2.45. The Morgan fingerprint density at radius 2 is 1.71 bits per heavy atom. The number of aliphatic hydroxyl groups is 1. The highest BCUT2D eigenvalue weighted by molar-refractivity contribution is 8.00. The first-order valence-electron chi connectivity index (χ1n) is 11.4. The highest BCUT2D eigenvalue weighted by Gasteiger charge is 2.65. The van der Waals surface area contributed by atoms with Crippen LogP contribution in [0.3, 0.4) is 0 Å². The van der Waals surface area contributed by atoms with Crippen LogP contribution in [0.1, 0.15) is 27.7 Å². The number of aliphatic hydroxyl groups excluding tert-OH is 1. The highest BCUT2D eigenvalue weighted by atomic mass is 32.2. The average Bonchev–Trinajstić information content (AvgIpc) is 2.84. The summed E-state index contributed by atoms with van der Waals surface area (Å²) < 4.78 is 42.4. The second-order valence-corrected chi connectivity index (χ2v) is 9.53. The Bertz CT molecular complexity index is 1030. The van der Waals surface area contributed by atoms with Crippen molar-refractivity contribution >= 4 is 41.5 Å². The van der Waals surface area contributed by atoms with Crippen molar-refractivity contribution in [2.75, 3.05) is 13.7 Å². The number of amides is 1. The van der Waals surface area contributed by atoms with E-state index in [1.54, 1.807) is 30.3 Å². The molecule has 2 rings (SSSR count). The largest absolute Gasteiger partial charge is 0.465 e. The maximum absolute atomic E-state index is 16.7. The summed E-state index contributed by atoms with van der Waals surface area (Å²) in [5.41, 5.74) is 0. The lowest BCUT2D eigenvalue weighted by Crippen LogP contribution is -2.72. The van der Waals surface area contributed by atoms with Gasteiger partial charge in [0.1, 0.15) is 30.2 Å². The van der Waals surface area contributed by atoms with Gasteiger partial charge in [-0.05, 0) is 12.1 Å². The molecule has 14 heteroatoms. The van der Waals surface area contributed by atoms with Crippen LogP contribution in [0.5, 0.6) is 0 Å².